The number of thioether (sulfide) groups is 1. The number of pyridine rings is 1. The van der Waals surface area contributed by atoms with Gasteiger partial charge in [-0.05, 0) is 73.7 Å². The molecule has 0 aliphatic carbocycles. The number of aromatic nitrogens is 1. The zero-order valence-corrected chi connectivity index (χ0v) is 20.6. The number of aliphatic carboxylic acids is 1. The summed E-state index contributed by atoms with van der Waals surface area (Å²) >= 11 is 1.46. The second-order valence-electron chi connectivity index (χ2n) is 8.95. The number of carboxylic acids is 1. The zero-order chi connectivity index (χ0) is 24.8. The number of hydrogen-bond acceptors (Lipinski definition) is 6. The number of hydrogen-bond donors (Lipinski definition) is 2. The Kier molecular flexibility index (Phi) is 8.59. The first-order valence-electron chi connectivity index (χ1n) is 11.9. The number of aliphatic hydroxyl groups excluding tert-OH is 1. The molecule has 2 aromatic carbocycles. The lowest BCUT2D eigenvalue weighted by molar-refractivity contribution is -0.146. The second kappa shape index (κ2) is 11.8. The number of carboxylic acid groups (broad SMARTS) is 1. The average Bonchev–Trinajstić information content (AvgIpc) is 2.88. The first kappa shape index (κ1) is 25.4. The van der Waals surface area contributed by atoms with Crippen LogP contribution in [0.4, 0.5) is 4.39 Å². The van der Waals surface area contributed by atoms with E-state index >= 15 is 0 Å². The van der Waals surface area contributed by atoms with Crippen molar-refractivity contribution in [3.63, 3.8) is 0 Å². The highest BCUT2D eigenvalue weighted by Gasteiger charge is 2.34. The Morgan fingerprint density at radius 1 is 1.29 bits per heavy atom. The highest BCUT2D eigenvalue weighted by atomic mass is 32.2. The van der Waals surface area contributed by atoms with Gasteiger partial charge < -0.3 is 19.8 Å². The third-order valence-electron chi connectivity index (χ3n) is 6.81. The minimum Gasteiger partial charge on any atom is -0.497 e. The summed E-state index contributed by atoms with van der Waals surface area (Å²) in [5, 5.41) is 21.7. The molecule has 1 aliphatic heterocycles. The monoisotopic (exact) mass is 498 g/mol. The average molecular weight is 499 g/mol. The Bertz CT molecular complexity index is 1160. The van der Waals surface area contributed by atoms with Gasteiger partial charge in [0, 0.05) is 35.3 Å². The van der Waals surface area contributed by atoms with Crippen molar-refractivity contribution in [2.24, 2.45) is 11.8 Å². The smallest absolute Gasteiger partial charge is 0.308 e. The maximum absolute atomic E-state index is 13.8. The van der Waals surface area contributed by atoms with Crippen molar-refractivity contribution in [3.05, 3.63) is 66.1 Å². The minimum absolute atomic E-state index is 0.000239. The fourth-order valence-corrected chi connectivity index (χ4v) is 5.78. The maximum Gasteiger partial charge on any atom is 0.308 e. The molecule has 1 fully saturated rings. The Morgan fingerprint density at radius 3 is 2.89 bits per heavy atom. The number of likely N-dealkylation sites (tertiary alicyclic amines) is 1. The molecule has 0 radical (unpaired) electrons. The van der Waals surface area contributed by atoms with Gasteiger partial charge in [-0.3, -0.25) is 9.78 Å². The number of rotatable bonds is 10. The molecule has 2 heterocycles. The van der Waals surface area contributed by atoms with E-state index in [0.29, 0.717) is 42.3 Å². The Labute approximate surface area is 209 Å². The van der Waals surface area contributed by atoms with Gasteiger partial charge >= 0.3 is 5.97 Å². The van der Waals surface area contributed by atoms with Crippen LogP contribution in [0, 0.1) is 17.7 Å². The highest BCUT2D eigenvalue weighted by molar-refractivity contribution is 7.99. The molecule has 0 saturated carbocycles. The Hall–Kier alpha value is -2.68. The predicted octanol–water partition coefficient (Wildman–Crippen LogP) is 5.01. The standard InChI is InChI=1S/C27H31FN2O4S/c1-34-19-7-8-24-21(16-19)20(10-12-29-24)25(31)9-6-18-11-13-30(17-22(18)27(32)33)14-15-35-26-5-3-2-4-23(26)28/h2-5,7-8,10,12,16,18,22,25,31H,6,9,11,13-15,17H2,1H3,(H,32,33)/t18-,22+,25?/m1/s1. The maximum atomic E-state index is 13.8. The predicted molar refractivity (Wildman–Crippen MR) is 135 cm³/mol. The van der Waals surface area contributed by atoms with Crippen molar-refractivity contribution in [3.8, 4) is 5.75 Å². The normalized spacial score (nSPS) is 19.5. The van der Waals surface area contributed by atoms with Crippen LogP contribution in [0.25, 0.3) is 10.9 Å². The van der Waals surface area contributed by atoms with Gasteiger partial charge in [0.25, 0.3) is 0 Å². The van der Waals surface area contributed by atoms with Crippen LogP contribution in [0.5, 0.6) is 5.75 Å². The van der Waals surface area contributed by atoms with Crippen LogP contribution in [0.2, 0.25) is 0 Å². The summed E-state index contributed by atoms with van der Waals surface area (Å²) in [6, 6.07) is 14.1. The van der Waals surface area contributed by atoms with E-state index in [4.69, 9.17) is 4.74 Å². The van der Waals surface area contributed by atoms with E-state index in [1.165, 1.54) is 17.8 Å². The van der Waals surface area contributed by atoms with Gasteiger partial charge in [0.15, 0.2) is 0 Å². The Morgan fingerprint density at radius 2 is 2.11 bits per heavy atom. The van der Waals surface area contributed by atoms with Gasteiger partial charge in [0.1, 0.15) is 11.6 Å². The van der Waals surface area contributed by atoms with Crippen LogP contribution in [0.15, 0.2) is 59.6 Å². The van der Waals surface area contributed by atoms with E-state index in [9.17, 15) is 19.4 Å². The number of methoxy groups -OCH3 is 1. The fraction of sp³-hybridized carbons (Fsp3) is 0.407. The van der Waals surface area contributed by atoms with Crippen LogP contribution in [0.3, 0.4) is 0 Å². The molecule has 186 valence electrons. The largest absolute Gasteiger partial charge is 0.497 e. The molecule has 1 aliphatic rings. The molecule has 2 N–H and O–H groups in total. The van der Waals surface area contributed by atoms with E-state index < -0.39 is 18.0 Å². The number of fused-ring (bicyclic) bond motifs is 1. The molecule has 3 aromatic rings. The third-order valence-corrected chi connectivity index (χ3v) is 7.84. The zero-order valence-electron chi connectivity index (χ0n) is 19.8. The van der Waals surface area contributed by atoms with Crippen molar-refractivity contribution in [1.82, 2.24) is 9.88 Å². The van der Waals surface area contributed by atoms with Crippen molar-refractivity contribution in [2.75, 3.05) is 32.5 Å². The number of nitrogens with zero attached hydrogens (tertiary/aromatic N) is 2. The molecule has 1 saturated heterocycles. The van der Waals surface area contributed by atoms with E-state index in [-0.39, 0.29) is 11.7 Å². The van der Waals surface area contributed by atoms with Crippen LogP contribution in [-0.4, -0.2) is 58.6 Å². The number of piperidine rings is 1. The van der Waals surface area contributed by atoms with E-state index in [0.717, 1.165) is 29.4 Å². The van der Waals surface area contributed by atoms with Crippen molar-refractivity contribution in [2.45, 2.75) is 30.3 Å². The number of ether oxygens (including phenoxy) is 1. The number of carbonyl (C=O) groups is 1. The lowest BCUT2D eigenvalue weighted by Crippen LogP contribution is -2.44. The molecule has 6 nitrogen and oxygen atoms in total. The molecule has 0 bridgehead atoms. The first-order chi connectivity index (χ1) is 17.0. The molecule has 1 aromatic heterocycles. The third kappa shape index (κ3) is 6.31. The molecule has 0 spiro atoms. The topological polar surface area (TPSA) is 82.9 Å². The quantitative estimate of drug-likeness (QED) is 0.380. The van der Waals surface area contributed by atoms with Crippen molar-refractivity contribution in [1.29, 1.82) is 0 Å². The number of benzene rings is 2. The molecular formula is C27H31FN2O4S. The highest BCUT2D eigenvalue weighted by Crippen LogP contribution is 2.34. The molecule has 1 unspecified atom stereocenters. The molecule has 35 heavy (non-hydrogen) atoms. The lowest BCUT2D eigenvalue weighted by Gasteiger charge is -2.37. The first-order valence-corrected chi connectivity index (χ1v) is 12.9. The van der Waals surface area contributed by atoms with Crippen LogP contribution in [-0.2, 0) is 4.79 Å². The van der Waals surface area contributed by atoms with Crippen LogP contribution in [0.1, 0.15) is 30.9 Å². The van der Waals surface area contributed by atoms with Gasteiger partial charge in [0.05, 0.1) is 24.6 Å². The van der Waals surface area contributed by atoms with E-state index in [1.54, 1.807) is 25.4 Å². The summed E-state index contributed by atoms with van der Waals surface area (Å²) in [6.45, 7) is 1.99. The fourth-order valence-electron chi connectivity index (χ4n) is 4.83. The van der Waals surface area contributed by atoms with E-state index in [2.05, 4.69) is 9.88 Å². The summed E-state index contributed by atoms with van der Waals surface area (Å²) in [6.07, 6.45) is 2.85. The number of aliphatic hydroxyl groups is 1. The molecule has 4 rings (SSSR count). The molecule has 8 heteroatoms. The summed E-state index contributed by atoms with van der Waals surface area (Å²) in [5.41, 5.74) is 1.57. The van der Waals surface area contributed by atoms with Crippen molar-refractivity contribution >= 4 is 28.6 Å². The summed E-state index contributed by atoms with van der Waals surface area (Å²) < 4.78 is 19.2. The van der Waals surface area contributed by atoms with Gasteiger partial charge in [-0.1, -0.05) is 12.1 Å². The van der Waals surface area contributed by atoms with Gasteiger partial charge in [-0.2, -0.15) is 0 Å². The summed E-state index contributed by atoms with van der Waals surface area (Å²) in [4.78, 5) is 19.2. The minimum atomic E-state index is -0.796. The molecular weight excluding hydrogens is 467 g/mol. The summed E-state index contributed by atoms with van der Waals surface area (Å²) in [7, 11) is 1.60. The SMILES string of the molecule is COc1ccc2nccc(C(O)CC[C@@H]3CCN(CCSc4ccccc4F)C[C@@H]3C(=O)O)c2c1. The van der Waals surface area contributed by atoms with Gasteiger partial charge in [-0.15, -0.1) is 11.8 Å². The second-order valence-corrected chi connectivity index (χ2v) is 10.1. The van der Waals surface area contributed by atoms with Gasteiger partial charge in [-0.25, -0.2) is 4.39 Å². The molecule has 0 amide bonds. The van der Waals surface area contributed by atoms with Gasteiger partial charge in [0.2, 0.25) is 0 Å². The van der Waals surface area contributed by atoms with Crippen LogP contribution >= 0.6 is 11.8 Å². The van der Waals surface area contributed by atoms with Crippen LogP contribution < -0.4 is 4.74 Å². The molecule has 3 atom stereocenters. The summed E-state index contributed by atoms with van der Waals surface area (Å²) in [5.74, 6) is -0.0992. The van der Waals surface area contributed by atoms with Crippen molar-refractivity contribution < 1.29 is 24.1 Å². The van der Waals surface area contributed by atoms with E-state index in [1.807, 2.05) is 30.3 Å². The Balaban J connectivity index is 1.34. The lowest BCUT2D eigenvalue weighted by atomic mass is 9.81. The number of halogens is 1.